The van der Waals surface area contributed by atoms with Crippen LogP contribution in [0.4, 0.5) is 19.0 Å². The van der Waals surface area contributed by atoms with Crippen molar-refractivity contribution in [2.45, 2.75) is 50.2 Å². The molecule has 7 nitrogen and oxygen atoms in total. The van der Waals surface area contributed by atoms with Crippen LogP contribution in [-0.4, -0.2) is 54.7 Å². The van der Waals surface area contributed by atoms with Gasteiger partial charge >= 0.3 is 0 Å². The maximum absolute atomic E-state index is 14.0. The SMILES string of the molecule is Fc1cncnc1N1CC2(CC(c3nnc4n3-c3ccc(Cl)cc3CN(C3CC3(F)F)C4)C2)C1. The highest BCUT2D eigenvalue weighted by molar-refractivity contribution is 6.30. The van der Waals surface area contributed by atoms with Gasteiger partial charge in [0, 0.05) is 42.4 Å². The van der Waals surface area contributed by atoms with Crippen molar-refractivity contribution in [2.24, 2.45) is 5.41 Å². The predicted octanol–water partition coefficient (Wildman–Crippen LogP) is 3.96. The van der Waals surface area contributed by atoms with Crippen LogP contribution in [0.1, 0.15) is 42.4 Å². The van der Waals surface area contributed by atoms with Crippen molar-refractivity contribution < 1.29 is 13.2 Å². The van der Waals surface area contributed by atoms with Gasteiger partial charge in [-0.15, -0.1) is 10.2 Å². The molecule has 176 valence electrons. The number of anilines is 1. The summed E-state index contributed by atoms with van der Waals surface area (Å²) in [7, 11) is 0. The standard InChI is InChI=1S/C23H21ClF3N7/c24-15-1-2-17-13(3-15)8-32(18-6-23(18,26)27)9-19-30-31-20(34(17)19)14-4-22(5-14)10-33(11-22)21-16(25)7-28-12-29-21/h1-3,7,12,14,18H,4-6,8-11H2. The van der Waals surface area contributed by atoms with E-state index in [1.54, 1.807) is 4.90 Å². The van der Waals surface area contributed by atoms with Gasteiger partial charge in [-0.2, -0.15) is 0 Å². The Kier molecular flexibility index (Phi) is 4.20. The highest BCUT2D eigenvalue weighted by Gasteiger charge is 2.60. The summed E-state index contributed by atoms with van der Waals surface area (Å²) in [6.07, 6.45) is 4.26. The van der Waals surface area contributed by atoms with E-state index in [-0.39, 0.29) is 17.8 Å². The highest BCUT2D eigenvalue weighted by atomic mass is 35.5. The molecule has 0 amide bonds. The van der Waals surface area contributed by atoms with Crippen LogP contribution in [0.2, 0.25) is 5.02 Å². The van der Waals surface area contributed by atoms with Gasteiger partial charge in [0.2, 0.25) is 0 Å². The van der Waals surface area contributed by atoms with Gasteiger partial charge in [-0.3, -0.25) is 9.47 Å². The molecule has 11 heteroatoms. The average Bonchev–Trinajstić information content (AvgIpc) is 3.25. The summed E-state index contributed by atoms with van der Waals surface area (Å²) in [6, 6.07) is 4.82. The Hall–Kier alpha value is -2.72. The number of hydrogen-bond donors (Lipinski definition) is 0. The first-order chi connectivity index (χ1) is 16.3. The molecule has 7 rings (SSSR count). The third-order valence-corrected chi connectivity index (χ3v) is 7.95. The molecule has 1 aromatic carbocycles. The van der Waals surface area contributed by atoms with Crippen molar-refractivity contribution in [3.63, 3.8) is 0 Å². The molecule has 2 aliphatic heterocycles. The molecule has 1 unspecified atom stereocenters. The summed E-state index contributed by atoms with van der Waals surface area (Å²) >= 11 is 6.26. The quantitative estimate of drug-likeness (QED) is 0.557. The second kappa shape index (κ2) is 6.91. The largest absolute Gasteiger partial charge is 0.353 e. The number of alkyl halides is 2. The number of nitrogens with zero attached hydrogens (tertiary/aromatic N) is 7. The molecule has 1 spiro atoms. The predicted molar refractivity (Wildman–Crippen MR) is 118 cm³/mol. The minimum absolute atomic E-state index is 0.115. The first-order valence-electron chi connectivity index (χ1n) is 11.4. The maximum Gasteiger partial charge on any atom is 0.265 e. The lowest BCUT2D eigenvalue weighted by atomic mass is 9.57. The fourth-order valence-electron chi connectivity index (χ4n) is 6.01. The zero-order valence-corrected chi connectivity index (χ0v) is 18.9. The molecule has 34 heavy (non-hydrogen) atoms. The molecule has 1 atom stereocenters. The summed E-state index contributed by atoms with van der Waals surface area (Å²) in [5.74, 6) is -0.967. The van der Waals surface area contributed by atoms with Crippen LogP contribution in [-0.2, 0) is 13.1 Å². The third-order valence-electron chi connectivity index (χ3n) is 7.71. The Morgan fingerprint density at radius 2 is 1.85 bits per heavy atom. The van der Waals surface area contributed by atoms with Gasteiger partial charge in [-0.25, -0.2) is 23.1 Å². The van der Waals surface area contributed by atoms with Crippen LogP contribution in [0.15, 0.2) is 30.7 Å². The van der Waals surface area contributed by atoms with Gasteiger partial charge in [0.15, 0.2) is 17.5 Å². The monoisotopic (exact) mass is 487 g/mol. The van der Waals surface area contributed by atoms with Crippen molar-refractivity contribution in [2.75, 3.05) is 18.0 Å². The Morgan fingerprint density at radius 1 is 1.06 bits per heavy atom. The van der Waals surface area contributed by atoms with Gasteiger partial charge in [0.1, 0.15) is 12.2 Å². The highest BCUT2D eigenvalue weighted by Crippen LogP contribution is 2.57. The molecule has 2 saturated carbocycles. The number of aromatic nitrogens is 5. The molecule has 0 N–H and O–H groups in total. The van der Waals surface area contributed by atoms with Crippen molar-refractivity contribution >= 4 is 17.4 Å². The fraction of sp³-hybridized carbons (Fsp3) is 0.478. The van der Waals surface area contributed by atoms with E-state index in [2.05, 4.69) is 20.2 Å². The maximum atomic E-state index is 14.0. The van der Waals surface area contributed by atoms with Crippen LogP contribution in [0.3, 0.4) is 0 Å². The molecule has 1 saturated heterocycles. The molecule has 3 fully saturated rings. The lowest BCUT2D eigenvalue weighted by Gasteiger charge is -2.59. The second-order valence-electron chi connectivity index (χ2n) is 10.1. The van der Waals surface area contributed by atoms with Gasteiger partial charge in [-0.05, 0) is 36.6 Å². The molecule has 2 aromatic heterocycles. The Bertz CT molecular complexity index is 1300. The van der Waals surface area contributed by atoms with Crippen molar-refractivity contribution in [1.29, 1.82) is 0 Å². The van der Waals surface area contributed by atoms with Crippen LogP contribution >= 0.6 is 11.6 Å². The molecule has 0 bridgehead atoms. The van der Waals surface area contributed by atoms with E-state index in [9.17, 15) is 13.2 Å². The number of benzene rings is 1. The number of hydrogen-bond acceptors (Lipinski definition) is 6. The Labute approximate surface area is 198 Å². The lowest BCUT2D eigenvalue weighted by molar-refractivity contribution is 0.0574. The topological polar surface area (TPSA) is 63.0 Å². The number of rotatable bonds is 3. The van der Waals surface area contributed by atoms with Gasteiger partial charge in [0.05, 0.1) is 24.5 Å². The lowest BCUT2D eigenvalue weighted by Crippen LogP contribution is -2.62. The van der Waals surface area contributed by atoms with E-state index in [0.717, 1.165) is 43.0 Å². The minimum atomic E-state index is -2.66. The first-order valence-corrected chi connectivity index (χ1v) is 11.8. The molecule has 4 aliphatic rings. The van der Waals surface area contributed by atoms with E-state index in [1.165, 1.54) is 12.5 Å². The fourth-order valence-corrected chi connectivity index (χ4v) is 6.20. The van der Waals surface area contributed by atoms with E-state index < -0.39 is 17.8 Å². The van der Waals surface area contributed by atoms with Crippen molar-refractivity contribution in [1.82, 2.24) is 29.6 Å². The molecule has 0 radical (unpaired) electrons. The van der Waals surface area contributed by atoms with E-state index in [1.807, 2.05) is 27.7 Å². The van der Waals surface area contributed by atoms with Crippen molar-refractivity contribution in [3.8, 4) is 5.69 Å². The molecule has 3 aromatic rings. The van der Waals surface area contributed by atoms with Crippen LogP contribution < -0.4 is 4.90 Å². The zero-order valence-electron chi connectivity index (χ0n) is 18.1. The summed E-state index contributed by atoms with van der Waals surface area (Å²) in [4.78, 5) is 11.5. The molecule has 4 heterocycles. The summed E-state index contributed by atoms with van der Waals surface area (Å²) in [5.41, 5.74) is 1.92. The minimum Gasteiger partial charge on any atom is -0.353 e. The van der Waals surface area contributed by atoms with Gasteiger partial charge in [-0.1, -0.05) is 11.6 Å². The molecular weight excluding hydrogens is 467 g/mol. The number of fused-ring (bicyclic) bond motifs is 3. The normalized spacial score (nSPS) is 24.7. The van der Waals surface area contributed by atoms with Gasteiger partial charge in [0.25, 0.3) is 5.92 Å². The summed E-state index contributed by atoms with van der Waals surface area (Å²) in [5, 5.41) is 9.53. The van der Waals surface area contributed by atoms with E-state index >= 15 is 0 Å². The smallest absolute Gasteiger partial charge is 0.265 e. The third kappa shape index (κ3) is 3.07. The number of halogens is 4. The summed E-state index contributed by atoms with van der Waals surface area (Å²) in [6.45, 7) is 2.20. The Morgan fingerprint density at radius 3 is 2.59 bits per heavy atom. The zero-order chi connectivity index (χ0) is 23.2. The first kappa shape index (κ1) is 20.6. The molecular formula is C23H21ClF3N7. The second-order valence-corrected chi connectivity index (χ2v) is 10.6. The van der Waals surface area contributed by atoms with E-state index in [4.69, 9.17) is 11.6 Å². The van der Waals surface area contributed by atoms with Crippen LogP contribution in [0.25, 0.3) is 5.69 Å². The summed E-state index contributed by atoms with van der Waals surface area (Å²) < 4.78 is 43.9. The molecule has 2 aliphatic carbocycles. The Balaban J connectivity index is 1.15. The van der Waals surface area contributed by atoms with Crippen LogP contribution in [0.5, 0.6) is 0 Å². The van der Waals surface area contributed by atoms with Crippen molar-refractivity contribution in [3.05, 3.63) is 58.8 Å². The van der Waals surface area contributed by atoms with E-state index in [0.29, 0.717) is 29.8 Å². The average molecular weight is 488 g/mol. The van der Waals surface area contributed by atoms with Gasteiger partial charge < -0.3 is 4.90 Å². The van der Waals surface area contributed by atoms with Crippen LogP contribution in [0, 0.1) is 11.2 Å².